The van der Waals surface area contributed by atoms with Crippen LogP contribution in [0.3, 0.4) is 0 Å². The van der Waals surface area contributed by atoms with E-state index in [2.05, 4.69) is 50.0 Å². The molecular formula is C9H3BrINS. The van der Waals surface area contributed by atoms with Crippen molar-refractivity contribution in [3.05, 3.63) is 31.1 Å². The summed E-state index contributed by atoms with van der Waals surface area (Å²) in [7, 11) is 0. The number of thiophene rings is 1. The number of nitriles is 1. The van der Waals surface area contributed by atoms with Crippen LogP contribution in [0, 0.1) is 14.9 Å². The highest BCUT2D eigenvalue weighted by Gasteiger charge is 2.07. The van der Waals surface area contributed by atoms with E-state index in [1.807, 2.05) is 12.1 Å². The van der Waals surface area contributed by atoms with Gasteiger partial charge in [0.25, 0.3) is 0 Å². The third kappa shape index (κ3) is 1.60. The van der Waals surface area contributed by atoms with Gasteiger partial charge < -0.3 is 0 Å². The molecule has 0 atom stereocenters. The molecule has 1 nitrogen and oxygen atoms in total. The maximum absolute atomic E-state index is 8.93. The highest BCUT2D eigenvalue weighted by Crippen LogP contribution is 2.32. The number of benzene rings is 1. The fraction of sp³-hybridized carbons (Fsp3) is 0. The number of nitrogens with zero attached hydrogens (tertiary/aromatic N) is 1. The molecule has 1 heterocycles. The molecule has 0 spiro atoms. The normalized spacial score (nSPS) is 10.2. The van der Waals surface area contributed by atoms with Gasteiger partial charge in [0, 0.05) is 23.5 Å². The van der Waals surface area contributed by atoms with Crippen LogP contribution >= 0.6 is 49.9 Å². The Bertz CT molecular complexity index is 512. The van der Waals surface area contributed by atoms with E-state index in [1.165, 1.54) is 0 Å². The SMILES string of the molecule is N#Cc1cc(Br)cc2scc(I)c12. The number of halogens is 2. The molecule has 1 aromatic carbocycles. The van der Waals surface area contributed by atoms with Crippen LogP contribution in [0.15, 0.2) is 22.0 Å². The molecule has 0 amide bonds. The maximum Gasteiger partial charge on any atom is 0.0999 e. The van der Waals surface area contributed by atoms with Gasteiger partial charge in [-0.25, -0.2) is 0 Å². The second-order valence-corrected chi connectivity index (χ2v) is 5.51. The van der Waals surface area contributed by atoms with E-state index in [0.717, 1.165) is 23.7 Å². The number of fused-ring (bicyclic) bond motifs is 1. The van der Waals surface area contributed by atoms with Gasteiger partial charge in [0.15, 0.2) is 0 Å². The van der Waals surface area contributed by atoms with Crippen molar-refractivity contribution >= 4 is 59.9 Å². The van der Waals surface area contributed by atoms with Gasteiger partial charge in [0.05, 0.1) is 11.6 Å². The first kappa shape index (κ1) is 9.44. The molecule has 64 valence electrons. The zero-order valence-electron chi connectivity index (χ0n) is 6.34. The Balaban J connectivity index is 2.95. The second kappa shape index (κ2) is 3.56. The standard InChI is InChI=1S/C9H3BrINS/c10-6-1-5(3-12)9-7(11)4-13-8(9)2-6/h1-2,4H. The highest BCUT2D eigenvalue weighted by molar-refractivity contribution is 14.1. The average molecular weight is 364 g/mol. The van der Waals surface area contributed by atoms with Crippen molar-refractivity contribution in [2.45, 2.75) is 0 Å². The minimum Gasteiger partial charge on any atom is -0.192 e. The van der Waals surface area contributed by atoms with Crippen molar-refractivity contribution in [1.29, 1.82) is 5.26 Å². The van der Waals surface area contributed by atoms with E-state index in [9.17, 15) is 0 Å². The molecule has 4 heteroatoms. The molecule has 0 radical (unpaired) electrons. The van der Waals surface area contributed by atoms with Crippen LogP contribution in [0.2, 0.25) is 0 Å². The molecule has 2 rings (SSSR count). The zero-order valence-corrected chi connectivity index (χ0v) is 10.9. The van der Waals surface area contributed by atoms with Crippen molar-refractivity contribution in [3.8, 4) is 6.07 Å². The maximum atomic E-state index is 8.93. The van der Waals surface area contributed by atoms with Gasteiger partial charge in [-0.05, 0) is 34.7 Å². The molecule has 0 fully saturated rings. The lowest BCUT2D eigenvalue weighted by Gasteiger charge is -1.95. The van der Waals surface area contributed by atoms with E-state index >= 15 is 0 Å². The Hall–Kier alpha value is -0.120. The van der Waals surface area contributed by atoms with E-state index < -0.39 is 0 Å². The first-order valence-corrected chi connectivity index (χ1v) is 6.24. The fourth-order valence-electron chi connectivity index (χ4n) is 1.18. The Morgan fingerprint density at radius 1 is 1.46 bits per heavy atom. The quantitative estimate of drug-likeness (QED) is 0.645. The third-order valence-electron chi connectivity index (χ3n) is 1.72. The van der Waals surface area contributed by atoms with Gasteiger partial charge in [0.1, 0.15) is 0 Å². The van der Waals surface area contributed by atoms with Crippen LogP contribution in [-0.4, -0.2) is 0 Å². The molecule has 13 heavy (non-hydrogen) atoms. The summed E-state index contributed by atoms with van der Waals surface area (Å²) in [6.45, 7) is 0. The van der Waals surface area contributed by atoms with E-state index in [1.54, 1.807) is 11.3 Å². The Morgan fingerprint density at radius 3 is 2.92 bits per heavy atom. The summed E-state index contributed by atoms with van der Waals surface area (Å²) >= 11 is 7.31. The molecule has 2 aromatic rings. The smallest absolute Gasteiger partial charge is 0.0999 e. The highest BCUT2D eigenvalue weighted by atomic mass is 127. The van der Waals surface area contributed by atoms with Crippen LogP contribution in [0.25, 0.3) is 10.1 Å². The fourth-order valence-corrected chi connectivity index (χ4v) is 3.82. The molecule has 0 aliphatic carbocycles. The van der Waals surface area contributed by atoms with Crippen molar-refractivity contribution in [1.82, 2.24) is 0 Å². The monoisotopic (exact) mass is 363 g/mol. The summed E-state index contributed by atoms with van der Waals surface area (Å²) in [6, 6.07) is 6.11. The summed E-state index contributed by atoms with van der Waals surface area (Å²) in [5, 5.41) is 12.1. The van der Waals surface area contributed by atoms with Crippen LogP contribution in [0.4, 0.5) is 0 Å². The second-order valence-electron chi connectivity index (χ2n) is 2.52. The third-order valence-corrected chi connectivity index (χ3v) is 4.38. The van der Waals surface area contributed by atoms with Crippen LogP contribution < -0.4 is 0 Å². The molecule has 0 saturated carbocycles. The molecule has 0 aliphatic rings. The lowest BCUT2D eigenvalue weighted by atomic mass is 10.1. The lowest BCUT2D eigenvalue weighted by molar-refractivity contribution is 1.50. The van der Waals surface area contributed by atoms with Gasteiger partial charge in [-0.15, -0.1) is 11.3 Å². The minimum atomic E-state index is 0.745. The predicted molar refractivity (Wildman–Crippen MR) is 67.0 cm³/mol. The average Bonchev–Trinajstić information content (AvgIpc) is 2.46. The van der Waals surface area contributed by atoms with Crippen molar-refractivity contribution in [2.24, 2.45) is 0 Å². The van der Waals surface area contributed by atoms with Crippen molar-refractivity contribution in [2.75, 3.05) is 0 Å². The van der Waals surface area contributed by atoms with Gasteiger partial charge in [0.2, 0.25) is 0 Å². The lowest BCUT2D eigenvalue weighted by Crippen LogP contribution is -1.77. The summed E-state index contributed by atoms with van der Waals surface area (Å²) in [5.74, 6) is 0. The summed E-state index contributed by atoms with van der Waals surface area (Å²) in [6.07, 6.45) is 0. The van der Waals surface area contributed by atoms with Crippen molar-refractivity contribution < 1.29 is 0 Å². The van der Waals surface area contributed by atoms with Crippen molar-refractivity contribution in [3.63, 3.8) is 0 Å². The topological polar surface area (TPSA) is 23.8 Å². The Morgan fingerprint density at radius 2 is 2.23 bits per heavy atom. The Labute approximate surface area is 102 Å². The van der Waals surface area contributed by atoms with Gasteiger partial charge in [-0.3, -0.25) is 0 Å². The van der Waals surface area contributed by atoms with E-state index in [0.29, 0.717) is 0 Å². The molecule has 0 aliphatic heterocycles. The van der Waals surface area contributed by atoms with E-state index in [4.69, 9.17) is 5.26 Å². The van der Waals surface area contributed by atoms with E-state index in [-0.39, 0.29) is 0 Å². The van der Waals surface area contributed by atoms with Gasteiger partial charge in [-0.2, -0.15) is 5.26 Å². The van der Waals surface area contributed by atoms with Crippen LogP contribution in [0.5, 0.6) is 0 Å². The molecule has 0 unspecified atom stereocenters. The molecule has 1 aromatic heterocycles. The first-order valence-electron chi connectivity index (χ1n) is 3.48. The minimum absolute atomic E-state index is 0.745. The van der Waals surface area contributed by atoms with Gasteiger partial charge >= 0.3 is 0 Å². The molecule has 0 bridgehead atoms. The molecule has 0 N–H and O–H groups in total. The number of hydrogen-bond donors (Lipinski definition) is 0. The summed E-state index contributed by atoms with van der Waals surface area (Å²) in [5.41, 5.74) is 0.745. The first-order chi connectivity index (χ1) is 6.22. The molecule has 0 saturated heterocycles. The van der Waals surface area contributed by atoms with Gasteiger partial charge in [-0.1, -0.05) is 15.9 Å². The largest absolute Gasteiger partial charge is 0.192 e. The van der Waals surface area contributed by atoms with Crippen LogP contribution in [-0.2, 0) is 0 Å². The number of rotatable bonds is 0. The van der Waals surface area contributed by atoms with Crippen LogP contribution in [0.1, 0.15) is 5.56 Å². The summed E-state index contributed by atoms with van der Waals surface area (Å²) < 4.78 is 3.28. The predicted octanol–water partition coefficient (Wildman–Crippen LogP) is 4.14. The zero-order chi connectivity index (χ0) is 9.42. The molecular weight excluding hydrogens is 361 g/mol. The Kier molecular flexibility index (Phi) is 2.58. The number of hydrogen-bond acceptors (Lipinski definition) is 2. The summed E-state index contributed by atoms with van der Waals surface area (Å²) in [4.78, 5) is 0.